The Labute approximate surface area is 117 Å². The Morgan fingerprint density at radius 1 is 1.35 bits per heavy atom. The summed E-state index contributed by atoms with van der Waals surface area (Å²) < 4.78 is 6.24. The van der Waals surface area contributed by atoms with Crippen molar-refractivity contribution < 1.29 is 14.4 Å². The van der Waals surface area contributed by atoms with Crippen molar-refractivity contribution in [3.05, 3.63) is 53.3 Å². The number of nitrogens with zero attached hydrogens (tertiary/aromatic N) is 2. The third-order valence-electron chi connectivity index (χ3n) is 2.81. The Hall–Kier alpha value is -2.18. The minimum absolute atomic E-state index is 0.287. The van der Waals surface area contributed by atoms with Crippen LogP contribution in [0.4, 0.5) is 0 Å². The van der Waals surface area contributed by atoms with Gasteiger partial charge in [0.2, 0.25) is 0 Å². The topological polar surface area (TPSA) is 65.4 Å². The highest BCUT2D eigenvalue weighted by Crippen LogP contribution is 2.05. The molecule has 0 bridgehead atoms. The summed E-state index contributed by atoms with van der Waals surface area (Å²) in [6.45, 7) is 0.926. The van der Waals surface area contributed by atoms with E-state index in [1.54, 1.807) is 17.8 Å². The molecular formula is C14H17N3O3. The van der Waals surface area contributed by atoms with Crippen LogP contribution in [0.2, 0.25) is 0 Å². The highest BCUT2D eigenvalue weighted by molar-refractivity contribution is 5.87. The Morgan fingerprint density at radius 3 is 2.80 bits per heavy atom. The standard InChI is InChI=1S/C14H17N3O3/c1-17-12(8-13(16-17)14(18)19-2)9-15-20-10-11-6-4-3-5-7-11/h3-8,15H,9-10H2,1-2H3. The summed E-state index contributed by atoms with van der Waals surface area (Å²) in [6, 6.07) is 11.5. The number of esters is 1. The van der Waals surface area contributed by atoms with E-state index in [2.05, 4.69) is 15.3 Å². The molecule has 0 aliphatic rings. The molecule has 0 amide bonds. The molecule has 2 aromatic rings. The number of nitrogens with one attached hydrogen (secondary N) is 1. The van der Waals surface area contributed by atoms with E-state index in [0.29, 0.717) is 13.2 Å². The van der Waals surface area contributed by atoms with Crippen LogP contribution in [-0.2, 0) is 29.8 Å². The molecule has 0 spiro atoms. The molecular weight excluding hydrogens is 258 g/mol. The van der Waals surface area contributed by atoms with Gasteiger partial charge in [-0.15, -0.1) is 0 Å². The summed E-state index contributed by atoms with van der Waals surface area (Å²) in [5.74, 6) is -0.447. The lowest BCUT2D eigenvalue weighted by molar-refractivity contribution is 0.0223. The molecule has 1 aromatic heterocycles. The summed E-state index contributed by atoms with van der Waals surface area (Å²) in [5.41, 5.74) is 5.05. The molecule has 106 valence electrons. The van der Waals surface area contributed by atoms with E-state index in [1.165, 1.54) is 7.11 Å². The second-order valence-corrected chi connectivity index (χ2v) is 4.23. The third kappa shape index (κ3) is 3.66. The van der Waals surface area contributed by atoms with Gasteiger partial charge < -0.3 is 4.74 Å². The van der Waals surface area contributed by atoms with Crippen LogP contribution in [0.1, 0.15) is 21.7 Å². The maximum atomic E-state index is 11.3. The summed E-state index contributed by atoms with van der Waals surface area (Å²) in [4.78, 5) is 16.7. The zero-order chi connectivity index (χ0) is 14.4. The number of carbonyl (C=O) groups excluding carboxylic acids is 1. The molecule has 0 saturated carbocycles. The van der Waals surface area contributed by atoms with Crippen LogP contribution < -0.4 is 5.48 Å². The number of aromatic nitrogens is 2. The molecule has 0 aliphatic heterocycles. The number of hydrogen-bond acceptors (Lipinski definition) is 5. The minimum atomic E-state index is -0.447. The number of benzene rings is 1. The minimum Gasteiger partial charge on any atom is -0.464 e. The molecule has 2 rings (SSSR count). The Morgan fingerprint density at radius 2 is 2.10 bits per heavy atom. The van der Waals surface area contributed by atoms with Crippen LogP contribution in [0.25, 0.3) is 0 Å². The maximum absolute atomic E-state index is 11.3. The fourth-order valence-corrected chi connectivity index (χ4v) is 1.71. The number of hydrogen-bond donors (Lipinski definition) is 1. The zero-order valence-electron chi connectivity index (χ0n) is 11.5. The summed E-state index contributed by atoms with van der Waals surface area (Å²) in [6.07, 6.45) is 0. The molecule has 0 fully saturated rings. The number of methoxy groups -OCH3 is 1. The first-order chi connectivity index (χ1) is 9.70. The van der Waals surface area contributed by atoms with E-state index in [-0.39, 0.29) is 5.69 Å². The Bertz CT molecular complexity index is 566. The van der Waals surface area contributed by atoms with Gasteiger partial charge in [-0.1, -0.05) is 30.3 Å². The van der Waals surface area contributed by atoms with Gasteiger partial charge >= 0.3 is 5.97 Å². The maximum Gasteiger partial charge on any atom is 0.358 e. The van der Waals surface area contributed by atoms with Crippen LogP contribution in [0.15, 0.2) is 36.4 Å². The van der Waals surface area contributed by atoms with Crippen molar-refractivity contribution in [3.8, 4) is 0 Å². The van der Waals surface area contributed by atoms with Crippen molar-refractivity contribution in [2.45, 2.75) is 13.2 Å². The summed E-state index contributed by atoms with van der Waals surface area (Å²) in [5, 5.41) is 4.06. The smallest absolute Gasteiger partial charge is 0.358 e. The number of aryl methyl sites for hydroxylation is 1. The van der Waals surface area contributed by atoms with Gasteiger partial charge in [-0.3, -0.25) is 9.52 Å². The molecule has 0 atom stereocenters. The quantitative estimate of drug-likeness (QED) is 0.491. The van der Waals surface area contributed by atoms with Crippen LogP contribution in [0.3, 0.4) is 0 Å². The normalized spacial score (nSPS) is 10.5. The third-order valence-corrected chi connectivity index (χ3v) is 2.81. The highest BCUT2D eigenvalue weighted by atomic mass is 16.6. The van der Waals surface area contributed by atoms with Crippen molar-refractivity contribution in [1.29, 1.82) is 0 Å². The molecule has 6 nitrogen and oxygen atoms in total. The van der Waals surface area contributed by atoms with Gasteiger partial charge in [0, 0.05) is 7.05 Å². The molecule has 0 unspecified atom stereocenters. The van der Waals surface area contributed by atoms with Crippen molar-refractivity contribution in [1.82, 2.24) is 15.3 Å². The van der Waals surface area contributed by atoms with Crippen LogP contribution in [-0.4, -0.2) is 22.9 Å². The second kappa shape index (κ2) is 6.83. The number of ether oxygens (including phenoxy) is 1. The monoisotopic (exact) mass is 275 g/mol. The first-order valence-electron chi connectivity index (χ1n) is 6.20. The summed E-state index contributed by atoms with van der Waals surface area (Å²) in [7, 11) is 3.10. The van der Waals surface area contributed by atoms with Crippen molar-refractivity contribution in [2.75, 3.05) is 7.11 Å². The van der Waals surface area contributed by atoms with E-state index < -0.39 is 5.97 Å². The SMILES string of the molecule is COC(=O)c1cc(CNOCc2ccccc2)n(C)n1. The van der Waals surface area contributed by atoms with Gasteiger partial charge in [-0.25, -0.2) is 4.79 Å². The Balaban J connectivity index is 1.82. The fourth-order valence-electron chi connectivity index (χ4n) is 1.71. The lowest BCUT2D eigenvalue weighted by Crippen LogP contribution is -2.16. The molecule has 0 saturated heterocycles. The molecule has 6 heteroatoms. The van der Waals surface area contributed by atoms with E-state index in [4.69, 9.17) is 4.84 Å². The largest absolute Gasteiger partial charge is 0.464 e. The first-order valence-corrected chi connectivity index (χ1v) is 6.20. The summed E-state index contributed by atoms with van der Waals surface area (Å²) >= 11 is 0. The molecule has 1 N–H and O–H groups in total. The van der Waals surface area contributed by atoms with Gasteiger partial charge in [0.1, 0.15) is 0 Å². The average molecular weight is 275 g/mol. The highest BCUT2D eigenvalue weighted by Gasteiger charge is 2.12. The van der Waals surface area contributed by atoms with Crippen LogP contribution >= 0.6 is 0 Å². The van der Waals surface area contributed by atoms with Crippen LogP contribution in [0.5, 0.6) is 0 Å². The van der Waals surface area contributed by atoms with Gasteiger partial charge in [0.05, 0.1) is 26.0 Å². The Kier molecular flexibility index (Phi) is 4.86. The molecule has 1 heterocycles. The van der Waals surface area contributed by atoms with Crippen molar-refractivity contribution in [2.24, 2.45) is 7.05 Å². The van der Waals surface area contributed by atoms with E-state index in [9.17, 15) is 4.79 Å². The fraction of sp³-hybridized carbons (Fsp3) is 0.286. The molecule has 0 aliphatic carbocycles. The molecule has 20 heavy (non-hydrogen) atoms. The van der Waals surface area contributed by atoms with E-state index in [1.807, 2.05) is 30.3 Å². The number of hydroxylamine groups is 1. The van der Waals surface area contributed by atoms with E-state index >= 15 is 0 Å². The van der Waals surface area contributed by atoms with Gasteiger partial charge in [-0.05, 0) is 11.6 Å². The zero-order valence-corrected chi connectivity index (χ0v) is 11.5. The van der Waals surface area contributed by atoms with Gasteiger partial charge in [-0.2, -0.15) is 10.6 Å². The average Bonchev–Trinajstić information content (AvgIpc) is 2.85. The number of rotatable bonds is 6. The lowest BCUT2D eigenvalue weighted by atomic mass is 10.2. The van der Waals surface area contributed by atoms with Crippen molar-refractivity contribution in [3.63, 3.8) is 0 Å². The molecule has 1 aromatic carbocycles. The van der Waals surface area contributed by atoms with Gasteiger partial charge in [0.15, 0.2) is 5.69 Å². The van der Waals surface area contributed by atoms with Crippen molar-refractivity contribution >= 4 is 5.97 Å². The predicted octanol–water partition coefficient (Wildman–Crippen LogP) is 1.43. The van der Waals surface area contributed by atoms with Crippen LogP contribution in [0, 0.1) is 0 Å². The second-order valence-electron chi connectivity index (χ2n) is 4.23. The van der Waals surface area contributed by atoms with E-state index in [0.717, 1.165) is 11.3 Å². The lowest BCUT2D eigenvalue weighted by Gasteiger charge is -2.05. The van der Waals surface area contributed by atoms with Gasteiger partial charge in [0.25, 0.3) is 0 Å². The number of carbonyl (C=O) groups is 1. The molecule has 0 radical (unpaired) electrons. The first kappa shape index (κ1) is 14.2. The predicted molar refractivity (Wildman–Crippen MR) is 72.6 cm³/mol.